The highest BCUT2D eigenvalue weighted by Crippen LogP contribution is 2.19. The van der Waals surface area contributed by atoms with Crippen molar-refractivity contribution in [3.63, 3.8) is 0 Å². The molecule has 6 heteroatoms. The van der Waals surface area contributed by atoms with Crippen molar-refractivity contribution in [3.05, 3.63) is 11.6 Å². The van der Waals surface area contributed by atoms with Gasteiger partial charge in [0.05, 0.1) is 11.6 Å². The minimum Gasteiger partial charge on any atom is -0.345 e. The summed E-state index contributed by atoms with van der Waals surface area (Å²) in [5.41, 5.74) is -0.587. The quantitative estimate of drug-likeness (QED) is 0.868. The Morgan fingerprint density at radius 3 is 2.75 bits per heavy atom. The summed E-state index contributed by atoms with van der Waals surface area (Å²) in [5, 5.41) is 14.6. The van der Waals surface area contributed by atoms with E-state index in [1.165, 1.54) is 12.8 Å². The first-order valence-corrected chi connectivity index (χ1v) is 7.37. The van der Waals surface area contributed by atoms with Crippen molar-refractivity contribution < 1.29 is 4.79 Å². The molecule has 0 aliphatic carbocycles. The molecule has 1 aliphatic heterocycles. The SMILES string of the molecule is CNC(C)(C)C(=O)NC(C)c1nnc2n1CCCCC2. The van der Waals surface area contributed by atoms with Crippen molar-refractivity contribution in [2.24, 2.45) is 0 Å². The summed E-state index contributed by atoms with van der Waals surface area (Å²) < 4.78 is 2.17. The van der Waals surface area contributed by atoms with Crippen LogP contribution in [0.15, 0.2) is 0 Å². The molecule has 2 rings (SSSR count). The van der Waals surface area contributed by atoms with E-state index in [-0.39, 0.29) is 11.9 Å². The molecular weight excluding hydrogens is 254 g/mol. The normalized spacial score (nSPS) is 17.2. The van der Waals surface area contributed by atoms with Crippen LogP contribution in [0.3, 0.4) is 0 Å². The van der Waals surface area contributed by atoms with Crippen molar-refractivity contribution in [3.8, 4) is 0 Å². The molecule has 2 N–H and O–H groups in total. The lowest BCUT2D eigenvalue weighted by Crippen LogP contribution is -2.51. The van der Waals surface area contributed by atoms with Crippen LogP contribution in [0.4, 0.5) is 0 Å². The van der Waals surface area contributed by atoms with Gasteiger partial charge < -0.3 is 15.2 Å². The lowest BCUT2D eigenvalue weighted by Gasteiger charge is -2.25. The maximum Gasteiger partial charge on any atom is 0.240 e. The van der Waals surface area contributed by atoms with Gasteiger partial charge in [-0.3, -0.25) is 4.79 Å². The Morgan fingerprint density at radius 1 is 1.30 bits per heavy atom. The van der Waals surface area contributed by atoms with Gasteiger partial charge in [-0.05, 0) is 40.7 Å². The summed E-state index contributed by atoms with van der Waals surface area (Å²) in [5.74, 6) is 1.88. The molecule has 2 heterocycles. The van der Waals surface area contributed by atoms with Crippen molar-refractivity contribution in [1.29, 1.82) is 0 Å². The number of rotatable bonds is 4. The number of nitrogens with one attached hydrogen (secondary N) is 2. The van der Waals surface area contributed by atoms with Crippen LogP contribution in [-0.4, -0.2) is 33.3 Å². The predicted molar refractivity (Wildman–Crippen MR) is 77.3 cm³/mol. The third kappa shape index (κ3) is 3.00. The molecule has 0 fully saturated rings. The molecule has 1 unspecified atom stereocenters. The Labute approximate surface area is 120 Å². The van der Waals surface area contributed by atoms with Crippen molar-refractivity contribution in [2.75, 3.05) is 7.05 Å². The number of carbonyl (C=O) groups excluding carboxylic acids is 1. The highest BCUT2D eigenvalue weighted by molar-refractivity contribution is 5.85. The Balaban J connectivity index is 2.12. The van der Waals surface area contributed by atoms with Gasteiger partial charge in [0.15, 0.2) is 5.82 Å². The highest BCUT2D eigenvalue weighted by atomic mass is 16.2. The van der Waals surface area contributed by atoms with E-state index in [0.717, 1.165) is 31.0 Å². The molecule has 112 valence electrons. The molecule has 0 radical (unpaired) electrons. The topological polar surface area (TPSA) is 71.8 Å². The Kier molecular flexibility index (Phi) is 4.42. The van der Waals surface area contributed by atoms with Crippen LogP contribution in [0, 0.1) is 0 Å². The number of likely N-dealkylation sites (N-methyl/N-ethyl adjacent to an activating group) is 1. The highest BCUT2D eigenvalue weighted by Gasteiger charge is 2.28. The van der Waals surface area contributed by atoms with E-state index in [4.69, 9.17) is 0 Å². The van der Waals surface area contributed by atoms with E-state index < -0.39 is 5.54 Å². The van der Waals surface area contributed by atoms with E-state index in [1.54, 1.807) is 7.05 Å². The first kappa shape index (κ1) is 15.0. The van der Waals surface area contributed by atoms with E-state index in [1.807, 2.05) is 20.8 Å². The fraction of sp³-hybridized carbons (Fsp3) is 0.786. The zero-order chi connectivity index (χ0) is 14.8. The molecule has 0 spiro atoms. The number of hydrogen-bond donors (Lipinski definition) is 2. The number of aryl methyl sites for hydroxylation is 1. The molecule has 1 aromatic heterocycles. The fourth-order valence-electron chi connectivity index (χ4n) is 2.38. The number of nitrogens with zero attached hydrogens (tertiary/aromatic N) is 3. The molecule has 1 aromatic rings. The Hall–Kier alpha value is -1.43. The Bertz CT molecular complexity index is 480. The lowest BCUT2D eigenvalue weighted by molar-refractivity contribution is -0.127. The number of aromatic nitrogens is 3. The average Bonchev–Trinajstić information content (AvgIpc) is 2.68. The van der Waals surface area contributed by atoms with Crippen molar-refractivity contribution in [2.45, 2.75) is 64.6 Å². The summed E-state index contributed by atoms with van der Waals surface area (Å²) in [6.07, 6.45) is 4.54. The molecule has 20 heavy (non-hydrogen) atoms. The number of fused-ring (bicyclic) bond motifs is 1. The van der Waals surface area contributed by atoms with Gasteiger partial charge in [0.25, 0.3) is 0 Å². The van der Waals surface area contributed by atoms with Crippen LogP contribution >= 0.6 is 0 Å². The molecular formula is C14H25N5O. The maximum atomic E-state index is 12.2. The van der Waals surface area contributed by atoms with Gasteiger partial charge in [-0.15, -0.1) is 10.2 Å². The first-order chi connectivity index (χ1) is 9.45. The first-order valence-electron chi connectivity index (χ1n) is 7.37. The second-order valence-electron chi connectivity index (χ2n) is 6.01. The van der Waals surface area contributed by atoms with Gasteiger partial charge >= 0.3 is 0 Å². The molecule has 0 saturated carbocycles. The van der Waals surface area contributed by atoms with Gasteiger partial charge in [-0.25, -0.2) is 0 Å². The number of carbonyl (C=O) groups is 1. The zero-order valence-corrected chi connectivity index (χ0v) is 12.9. The molecule has 0 aromatic carbocycles. The van der Waals surface area contributed by atoms with Crippen LogP contribution < -0.4 is 10.6 Å². The largest absolute Gasteiger partial charge is 0.345 e. The Morgan fingerprint density at radius 2 is 2.05 bits per heavy atom. The summed E-state index contributed by atoms with van der Waals surface area (Å²) in [7, 11) is 1.79. The molecule has 1 amide bonds. The van der Waals surface area contributed by atoms with E-state index >= 15 is 0 Å². The van der Waals surface area contributed by atoms with Gasteiger partial charge in [0.1, 0.15) is 5.82 Å². The van der Waals surface area contributed by atoms with Gasteiger partial charge in [0, 0.05) is 13.0 Å². The van der Waals surface area contributed by atoms with Crippen LogP contribution in [0.1, 0.15) is 57.7 Å². The minimum absolute atomic E-state index is 0.0292. The van der Waals surface area contributed by atoms with Crippen LogP contribution in [-0.2, 0) is 17.8 Å². The predicted octanol–water partition coefficient (Wildman–Crippen LogP) is 1.18. The van der Waals surface area contributed by atoms with E-state index in [9.17, 15) is 4.79 Å². The van der Waals surface area contributed by atoms with Gasteiger partial charge in [-0.2, -0.15) is 0 Å². The van der Waals surface area contributed by atoms with Crippen LogP contribution in [0.5, 0.6) is 0 Å². The number of hydrogen-bond acceptors (Lipinski definition) is 4. The molecule has 0 saturated heterocycles. The summed E-state index contributed by atoms with van der Waals surface area (Å²) in [6, 6.07) is -0.130. The lowest BCUT2D eigenvalue weighted by atomic mass is 10.0. The summed E-state index contributed by atoms with van der Waals surface area (Å²) >= 11 is 0. The summed E-state index contributed by atoms with van der Waals surface area (Å²) in [6.45, 7) is 6.64. The monoisotopic (exact) mass is 279 g/mol. The van der Waals surface area contributed by atoms with Crippen LogP contribution in [0.25, 0.3) is 0 Å². The third-order valence-corrected chi connectivity index (χ3v) is 4.07. The van der Waals surface area contributed by atoms with Crippen molar-refractivity contribution in [1.82, 2.24) is 25.4 Å². The average molecular weight is 279 g/mol. The smallest absolute Gasteiger partial charge is 0.240 e. The minimum atomic E-state index is -0.587. The molecule has 6 nitrogen and oxygen atoms in total. The van der Waals surface area contributed by atoms with Crippen LogP contribution in [0.2, 0.25) is 0 Å². The molecule has 1 atom stereocenters. The van der Waals surface area contributed by atoms with Gasteiger partial charge in [0.2, 0.25) is 5.91 Å². The van der Waals surface area contributed by atoms with E-state index in [0.29, 0.717) is 0 Å². The molecule has 0 bridgehead atoms. The second-order valence-corrected chi connectivity index (χ2v) is 6.01. The number of amides is 1. The van der Waals surface area contributed by atoms with Gasteiger partial charge in [-0.1, -0.05) is 6.42 Å². The maximum absolute atomic E-state index is 12.2. The summed E-state index contributed by atoms with van der Waals surface area (Å²) in [4.78, 5) is 12.2. The third-order valence-electron chi connectivity index (χ3n) is 4.07. The molecule has 1 aliphatic rings. The van der Waals surface area contributed by atoms with Crippen molar-refractivity contribution >= 4 is 5.91 Å². The standard InChI is InChI=1S/C14H25N5O/c1-10(16-13(20)14(2,3)15-4)12-18-17-11-8-6-5-7-9-19(11)12/h10,15H,5-9H2,1-4H3,(H,16,20). The zero-order valence-electron chi connectivity index (χ0n) is 12.9. The fourth-order valence-corrected chi connectivity index (χ4v) is 2.38. The van der Waals surface area contributed by atoms with E-state index in [2.05, 4.69) is 25.4 Å². The second kappa shape index (κ2) is 5.91.